The molecule has 30 heavy (non-hydrogen) atoms. The van der Waals surface area contributed by atoms with E-state index in [-0.39, 0.29) is 16.2 Å². The number of Topliss-reactive ketones (excluding diaryl/α,β-unsaturated/α-hetero) is 1. The molecule has 0 aliphatic rings. The Labute approximate surface area is 225 Å². The van der Waals surface area contributed by atoms with E-state index in [2.05, 4.69) is 90.6 Å². The number of ether oxygens (including phenoxy) is 1. The van der Waals surface area contributed by atoms with Crippen LogP contribution < -0.4 is 4.74 Å². The van der Waals surface area contributed by atoms with E-state index >= 15 is 0 Å². The molecule has 0 saturated carbocycles. The Morgan fingerprint density at radius 2 is 1.60 bits per heavy atom. The summed E-state index contributed by atoms with van der Waals surface area (Å²) < 4.78 is 35.1. The molecule has 0 aromatic heterocycles. The van der Waals surface area contributed by atoms with Gasteiger partial charge < -0.3 is 4.74 Å². The Bertz CT molecular complexity index is 996. The Balaban J connectivity index is 0.000000804. The lowest BCUT2D eigenvalue weighted by atomic mass is 10.1. The molecule has 0 aliphatic carbocycles. The van der Waals surface area contributed by atoms with Crippen LogP contribution in [0.5, 0.6) is 5.75 Å². The summed E-state index contributed by atoms with van der Waals surface area (Å²) in [5, 5.41) is 0. The van der Waals surface area contributed by atoms with Crippen molar-refractivity contribution in [3.05, 3.63) is 58.1 Å². The summed E-state index contributed by atoms with van der Waals surface area (Å²) in [5.41, 5.74) is 0.943. The molecule has 0 fully saturated rings. The summed E-state index contributed by atoms with van der Waals surface area (Å²) >= 11 is 10.3. The van der Waals surface area contributed by atoms with E-state index in [0.29, 0.717) is 3.91 Å². The largest absolute Gasteiger partial charge is 0.426 e. The molecule has 2 aromatic rings. The molecule has 0 saturated heterocycles. The minimum Gasteiger partial charge on any atom is -0.426 e. The average molecular weight is 835 g/mol. The second kappa shape index (κ2) is 12.4. The third kappa shape index (κ3) is 11.2. The van der Waals surface area contributed by atoms with Gasteiger partial charge in [-0.25, -0.2) is 0 Å². The number of hydrogen-bond donors (Lipinski definition) is 0. The van der Waals surface area contributed by atoms with Crippen LogP contribution in [-0.4, -0.2) is 26.2 Å². The smallest absolute Gasteiger partial charge is 0.308 e. The number of alkyl halides is 3. The Morgan fingerprint density at radius 1 is 1.07 bits per heavy atom. The fourth-order valence-corrected chi connectivity index (χ4v) is 3.17. The SMILES string of the molecule is CC(=O)Oc1ccc(Br)cc1C(=O)COS(=O)(=O)c1ccc(C)cc1.CC(I)(I)I. The van der Waals surface area contributed by atoms with Gasteiger partial charge in [-0.15, -0.1) is 0 Å². The van der Waals surface area contributed by atoms with Crippen molar-refractivity contribution < 1.29 is 26.9 Å². The van der Waals surface area contributed by atoms with Crippen molar-refractivity contribution in [1.29, 1.82) is 0 Å². The molecule has 2 aromatic carbocycles. The van der Waals surface area contributed by atoms with Gasteiger partial charge in [0.25, 0.3) is 10.1 Å². The Morgan fingerprint density at radius 3 is 2.10 bits per heavy atom. The van der Waals surface area contributed by atoms with Crippen LogP contribution in [0.3, 0.4) is 0 Å². The Kier molecular flexibility index (Phi) is 11.7. The van der Waals surface area contributed by atoms with Gasteiger partial charge in [0.1, 0.15) is 11.8 Å². The molecule has 0 unspecified atom stereocenters. The molecule has 0 heterocycles. The topological polar surface area (TPSA) is 86.7 Å². The Hall–Kier alpha value is 0.160. The van der Waals surface area contributed by atoms with Crippen LogP contribution in [-0.2, 0) is 19.1 Å². The first-order chi connectivity index (χ1) is 13.7. The number of halogens is 4. The number of benzene rings is 2. The van der Waals surface area contributed by atoms with Crippen molar-refractivity contribution in [3.8, 4) is 5.75 Å². The van der Waals surface area contributed by atoms with E-state index in [9.17, 15) is 18.0 Å². The van der Waals surface area contributed by atoms with Gasteiger partial charge >= 0.3 is 5.97 Å². The van der Waals surface area contributed by atoms with Crippen molar-refractivity contribution in [3.63, 3.8) is 0 Å². The molecule has 0 spiro atoms. The van der Waals surface area contributed by atoms with Crippen LogP contribution in [0.2, 0.25) is 0 Å². The van der Waals surface area contributed by atoms with E-state index in [1.807, 2.05) is 6.92 Å². The second-order valence-electron chi connectivity index (χ2n) is 5.97. The van der Waals surface area contributed by atoms with Crippen molar-refractivity contribution in [2.24, 2.45) is 0 Å². The maximum Gasteiger partial charge on any atom is 0.308 e. The van der Waals surface area contributed by atoms with E-state index in [1.54, 1.807) is 18.2 Å². The summed E-state index contributed by atoms with van der Waals surface area (Å²) in [5.74, 6) is -1.19. The maximum absolute atomic E-state index is 12.3. The number of carbonyl (C=O) groups is 2. The fourth-order valence-electron chi connectivity index (χ4n) is 1.95. The molecule has 2 rings (SSSR count). The van der Waals surface area contributed by atoms with Crippen LogP contribution in [0.15, 0.2) is 51.8 Å². The summed E-state index contributed by atoms with van der Waals surface area (Å²) in [6.45, 7) is 4.47. The predicted octanol–water partition coefficient (Wildman–Crippen LogP) is 6.24. The molecule has 164 valence electrons. The second-order valence-corrected chi connectivity index (χ2v) is 21.2. The minimum atomic E-state index is -4.07. The minimum absolute atomic E-state index is 0.0389. The average Bonchev–Trinajstić information content (AvgIpc) is 2.60. The third-order valence-electron chi connectivity index (χ3n) is 3.15. The molecule has 0 bridgehead atoms. The molecule has 11 heteroatoms. The van der Waals surface area contributed by atoms with E-state index in [0.717, 1.165) is 5.56 Å². The van der Waals surface area contributed by atoms with E-state index in [1.165, 1.54) is 31.2 Å². The zero-order valence-corrected chi connectivity index (χ0v) is 25.0. The van der Waals surface area contributed by atoms with Gasteiger partial charge in [0.05, 0.1) is 10.5 Å². The van der Waals surface area contributed by atoms with Gasteiger partial charge in [-0.2, -0.15) is 8.42 Å². The normalized spacial score (nSPS) is 11.3. The lowest BCUT2D eigenvalue weighted by Gasteiger charge is -2.09. The van der Waals surface area contributed by atoms with Gasteiger partial charge in [-0.3, -0.25) is 13.8 Å². The van der Waals surface area contributed by atoms with Crippen molar-refractivity contribution in [2.75, 3.05) is 6.61 Å². The van der Waals surface area contributed by atoms with Crippen molar-refractivity contribution >= 4 is 106 Å². The lowest BCUT2D eigenvalue weighted by Crippen LogP contribution is -2.16. The highest BCUT2D eigenvalue weighted by atomic mass is 127. The summed E-state index contributed by atoms with van der Waals surface area (Å²) in [7, 11) is -4.07. The first kappa shape index (κ1) is 28.2. The fraction of sp³-hybridized carbons (Fsp3) is 0.263. The monoisotopic (exact) mass is 834 g/mol. The number of hydrogen-bond acceptors (Lipinski definition) is 6. The lowest BCUT2D eigenvalue weighted by molar-refractivity contribution is -0.131. The van der Waals surface area contributed by atoms with Gasteiger partial charge in [0, 0.05) is 11.4 Å². The zero-order valence-electron chi connectivity index (χ0n) is 16.1. The highest BCUT2D eigenvalue weighted by molar-refractivity contribution is 14.3. The third-order valence-corrected chi connectivity index (χ3v) is 4.92. The predicted molar refractivity (Wildman–Crippen MR) is 145 cm³/mol. The van der Waals surface area contributed by atoms with Gasteiger partial charge in [0.2, 0.25) is 0 Å². The highest BCUT2D eigenvalue weighted by Gasteiger charge is 2.20. The van der Waals surface area contributed by atoms with Gasteiger partial charge in [0.15, 0.2) is 5.78 Å². The number of carbonyl (C=O) groups excluding carboxylic acids is 2. The van der Waals surface area contributed by atoms with Crippen molar-refractivity contribution in [1.82, 2.24) is 0 Å². The quantitative estimate of drug-likeness (QED) is 0.0857. The van der Waals surface area contributed by atoms with Gasteiger partial charge in [-0.05, 0) is 44.2 Å². The molecule has 0 aliphatic heterocycles. The first-order valence-electron chi connectivity index (χ1n) is 8.23. The number of esters is 1. The number of rotatable bonds is 6. The van der Waals surface area contributed by atoms with E-state index in [4.69, 9.17) is 8.92 Å². The van der Waals surface area contributed by atoms with Crippen LogP contribution in [0, 0.1) is 6.92 Å². The highest BCUT2D eigenvalue weighted by Crippen LogP contribution is 2.33. The standard InChI is InChI=1S/C17H15BrO6S.C2H3I3/c1-11-3-6-14(7-4-11)25(21,22)23-10-16(20)15-9-13(18)5-8-17(15)24-12(2)19;1-2(3,4)5/h3-9H,10H2,1-2H3;1H3. The van der Waals surface area contributed by atoms with E-state index < -0.39 is 28.5 Å². The summed E-state index contributed by atoms with van der Waals surface area (Å²) in [4.78, 5) is 23.4. The zero-order chi connectivity index (χ0) is 23.1. The van der Waals surface area contributed by atoms with Crippen LogP contribution in [0.25, 0.3) is 0 Å². The molecule has 0 amide bonds. The van der Waals surface area contributed by atoms with Crippen molar-refractivity contribution in [2.45, 2.75) is 25.1 Å². The number of aryl methyl sites for hydroxylation is 1. The molecular weight excluding hydrogens is 817 g/mol. The number of ketones is 1. The van der Waals surface area contributed by atoms with Crippen LogP contribution in [0.1, 0.15) is 29.8 Å². The summed E-state index contributed by atoms with van der Waals surface area (Å²) in [6, 6.07) is 10.5. The summed E-state index contributed by atoms with van der Waals surface area (Å²) in [6.07, 6.45) is 0. The maximum atomic E-state index is 12.3. The van der Waals surface area contributed by atoms with Gasteiger partial charge in [-0.1, -0.05) is 101 Å². The molecule has 0 radical (unpaired) electrons. The molecular formula is C19H18BrI3O6S. The first-order valence-corrected chi connectivity index (χ1v) is 13.7. The molecule has 0 N–H and O–H groups in total. The van der Waals surface area contributed by atoms with Crippen LogP contribution >= 0.6 is 83.7 Å². The molecule has 0 atom stereocenters. The van der Waals surface area contributed by atoms with Crippen LogP contribution in [0.4, 0.5) is 0 Å². The molecule has 6 nitrogen and oxygen atoms in total.